The maximum Gasteiger partial charge on any atom is 0.237 e. The summed E-state index contributed by atoms with van der Waals surface area (Å²) in [4.78, 5) is 12.8. The summed E-state index contributed by atoms with van der Waals surface area (Å²) in [5.74, 6) is 0.316. The molecule has 2 aliphatic rings. The molecule has 9 heteroatoms. The number of hydrogen-bond acceptors (Lipinski definition) is 7. The second-order valence-electron chi connectivity index (χ2n) is 7.95. The second-order valence-corrected chi connectivity index (χ2v) is 9.57. The zero-order chi connectivity index (χ0) is 20.8. The van der Waals surface area contributed by atoms with Crippen molar-refractivity contribution < 1.29 is 24.9 Å². The van der Waals surface area contributed by atoms with Crippen LogP contribution >= 0.6 is 23.4 Å². The number of unbranched alkanes of at least 4 members (excludes halogenated alkanes) is 2. The Morgan fingerprint density at radius 1 is 1.29 bits per heavy atom. The first-order valence-corrected chi connectivity index (χ1v) is 11.9. The molecular weight excluding hydrogens is 404 g/mol. The van der Waals surface area contributed by atoms with Gasteiger partial charge in [-0.2, -0.15) is 0 Å². The van der Waals surface area contributed by atoms with Gasteiger partial charge in [0.1, 0.15) is 29.9 Å². The van der Waals surface area contributed by atoms with Crippen molar-refractivity contribution in [3.05, 3.63) is 0 Å². The molecule has 2 saturated heterocycles. The Morgan fingerprint density at radius 3 is 2.61 bits per heavy atom. The summed E-state index contributed by atoms with van der Waals surface area (Å²) in [6.07, 6.45) is 2.39. The molecule has 2 fully saturated rings. The van der Waals surface area contributed by atoms with Gasteiger partial charge in [0.2, 0.25) is 5.91 Å². The van der Waals surface area contributed by atoms with E-state index >= 15 is 0 Å². The number of rotatable bonds is 9. The van der Waals surface area contributed by atoms with Crippen molar-refractivity contribution in [2.75, 3.05) is 12.8 Å². The Balaban J connectivity index is 1.98. The Bertz CT molecular complexity index is 499. The van der Waals surface area contributed by atoms with Gasteiger partial charge in [0.25, 0.3) is 0 Å². The number of aliphatic hydroxyl groups is 3. The minimum Gasteiger partial charge on any atom is -0.388 e. The van der Waals surface area contributed by atoms with E-state index < -0.39 is 41.3 Å². The van der Waals surface area contributed by atoms with E-state index in [1.807, 2.05) is 0 Å². The molecule has 0 aromatic heterocycles. The van der Waals surface area contributed by atoms with E-state index in [4.69, 9.17) is 16.3 Å². The number of thioether (sulfide) groups is 1. The Labute approximate surface area is 176 Å². The third-order valence-electron chi connectivity index (χ3n) is 5.75. The lowest BCUT2D eigenvalue weighted by atomic mass is 9.92. The van der Waals surface area contributed by atoms with Gasteiger partial charge in [0.05, 0.1) is 17.5 Å². The molecule has 9 atom stereocenters. The first-order chi connectivity index (χ1) is 13.3. The molecule has 0 aromatic carbocycles. The summed E-state index contributed by atoms with van der Waals surface area (Å²) in [7, 11) is 0. The van der Waals surface area contributed by atoms with Gasteiger partial charge in [-0.05, 0) is 38.5 Å². The first-order valence-electron chi connectivity index (χ1n) is 10.2. The fourth-order valence-electron chi connectivity index (χ4n) is 4.00. The third-order valence-corrected chi connectivity index (χ3v) is 6.88. The van der Waals surface area contributed by atoms with E-state index in [-0.39, 0.29) is 11.9 Å². The maximum absolute atomic E-state index is 12.8. The van der Waals surface area contributed by atoms with Crippen molar-refractivity contribution in [1.29, 1.82) is 0 Å². The Morgan fingerprint density at radius 2 is 2.00 bits per heavy atom. The van der Waals surface area contributed by atoms with Crippen LogP contribution in [0.4, 0.5) is 0 Å². The number of ether oxygens (including phenoxy) is 1. The van der Waals surface area contributed by atoms with E-state index in [0.29, 0.717) is 5.92 Å². The standard InChI is InChI=1S/C19H35ClN2O5S/c1-4-5-6-7-11-8-12(21-9-11)18(26)22-13(10(2)20)17-15(24)14(23)16(25)19(27-17)28-3/h10-17,19,21,23-25H,4-9H2,1-3H3,(H,22,26)/t10-,11+,12-,13-,14+,15-,16-,17-,19-/m1/s1. The zero-order valence-electron chi connectivity index (χ0n) is 16.9. The smallest absolute Gasteiger partial charge is 0.237 e. The van der Waals surface area contributed by atoms with Gasteiger partial charge in [0.15, 0.2) is 0 Å². The van der Waals surface area contributed by atoms with Crippen molar-refractivity contribution in [3.63, 3.8) is 0 Å². The predicted molar refractivity (Wildman–Crippen MR) is 111 cm³/mol. The summed E-state index contributed by atoms with van der Waals surface area (Å²) < 4.78 is 5.79. The Hall–Kier alpha value is -0.0900. The molecule has 7 nitrogen and oxygen atoms in total. The van der Waals surface area contributed by atoms with Gasteiger partial charge < -0.3 is 30.7 Å². The quantitative estimate of drug-likeness (QED) is 0.268. The molecular formula is C19H35ClN2O5S. The van der Waals surface area contributed by atoms with Crippen molar-refractivity contribution >= 4 is 29.3 Å². The molecule has 0 spiro atoms. The van der Waals surface area contributed by atoms with Crippen LogP contribution in [0.1, 0.15) is 46.0 Å². The van der Waals surface area contributed by atoms with E-state index in [1.165, 1.54) is 31.0 Å². The lowest BCUT2D eigenvalue weighted by Gasteiger charge is -2.44. The number of hydrogen-bond donors (Lipinski definition) is 5. The summed E-state index contributed by atoms with van der Waals surface area (Å²) in [5.41, 5.74) is -0.703. The third kappa shape index (κ3) is 5.97. The van der Waals surface area contributed by atoms with Crippen LogP contribution in [0.15, 0.2) is 0 Å². The summed E-state index contributed by atoms with van der Waals surface area (Å²) in [6.45, 7) is 4.71. The molecule has 28 heavy (non-hydrogen) atoms. The molecule has 164 valence electrons. The number of carbonyl (C=O) groups is 1. The molecule has 0 unspecified atom stereocenters. The summed E-state index contributed by atoms with van der Waals surface area (Å²) in [6, 6.07) is -0.987. The predicted octanol–water partition coefficient (Wildman–Crippen LogP) is 0.828. The van der Waals surface area contributed by atoms with Crippen LogP contribution in [0.2, 0.25) is 0 Å². The monoisotopic (exact) mass is 438 g/mol. The molecule has 0 radical (unpaired) electrons. The maximum atomic E-state index is 12.8. The minimum absolute atomic E-state index is 0.174. The van der Waals surface area contributed by atoms with Crippen molar-refractivity contribution in [1.82, 2.24) is 10.6 Å². The number of nitrogens with one attached hydrogen (secondary N) is 2. The average molecular weight is 439 g/mol. The molecule has 5 N–H and O–H groups in total. The minimum atomic E-state index is -1.36. The van der Waals surface area contributed by atoms with Gasteiger partial charge in [0, 0.05) is 0 Å². The summed E-state index contributed by atoms with van der Waals surface area (Å²) >= 11 is 7.54. The van der Waals surface area contributed by atoms with Crippen LogP contribution in [-0.2, 0) is 9.53 Å². The molecule has 0 saturated carbocycles. The molecule has 1 amide bonds. The summed E-state index contributed by atoms with van der Waals surface area (Å²) in [5, 5.41) is 36.3. The highest BCUT2D eigenvalue weighted by Crippen LogP contribution is 2.30. The van der Waals surface area contributed by atoms with Crippen LogP contribution in [-0.4, -0.2) is 81.3 Å². The fraction of sp³-hybridized carbons (Fsp3) is 0.947. The molecule has 0 bridgehead atoms. The van der Waals surface area contributed by atoms with Crippen LogP contribution in [0.25, 0.3) is 0 Å². The Kier molecular flexibility index (Phi) is 9.80. The first kappa shape index (κ1) is 24.2. The van der Waals surface area contributed by atoms with E-state index in [9.17, 15) is 20.1 Å². The van der Waals surface area contributed by atoms with Crippen molar-refractivity contribution in [2.45, 2.75) is 93.3 Å². The van der Waals surface area contributed by atoms with Gasteiger partial charge in [-0.1, -0.05) is 26.2 Å². The van der Waals surface area contributed by atoms with Crippen molar-refractivity contribution in [2.24, 2.45) is 5.92 Å². The topological polar surface area (TPSA) is 111 Å². The second kappa shape index (κ2) is 11.3. The highest BCUT2D eigenvalue weighted by atomic mass is 35.5. The van der Waals surface area contributed by atoms with Crippen LogP contribution in [0.3, 0.4) is 0 Å². The van der Waals surface area contributed by atoms with Gasteiger partial charge in [-0.3, -0.25) is 4.79 Å². The highest BCUT2D eigenvalue weighted by Gasteiger charge is 2.48. The SMILES string of the molecule is CCCCC[C@@H]1CN[C@@H](C(=O)N[C@@H]([C@H]2O[C@H](SC)[C@H](O)[C@@H](O)[C@H]2O)[C@@H](C)Cl)C1. The number of halogens is 1. The number of carbonyl (C=O) groups excluding carboxylic acids is 1. The molecule has 0 aliphatic carbocycles. The van der Waals surface area contributed by atoms with Crippen LogP contribution < -0.4 is 10.6 Å². The van der Waals surface area contributed by atoms with Gasteiger partial charge in [-0.15, -0.1) is 23.4 Å². The molecule has 2 heterocycles. The number of aliphatic hydroxyl groups excluding tert-OH is 3. The van der Waals surface area contributed by atoms with Gasteiger partial charge in [-0.25, -0.2) is 0 Å². The lowest BCUT2D eigenvalue weighted by Crippen LogP contribution is -2.65. The molecule has 2 aliphatic heterocycles. The largest absolute Gasteiger partial charge is 0.388 e. The number of alkyl halides is 1. The average Bonchev–Trinajstić information content (AvgIpc) is 3.14. The number of amides is 1. The lowest BCUT2D eigenvalue weighted by molar-refractivity contribution is -0.205. The fourth-order valence-corrected chi connectivity index (χ4v) is 4.89. The van der Waals surface area contributed by atoms with E-state index in [2.05, 4.69) is 17.6 Å². The normalized spacial score (nSPS) is 38.2. The zero-order valence-corrected chi connectivity index (χ0v) is 18.5. The van der Waals surface area contributed by atoms with Gasteiger partial charge >= 0.3 is 0 Å². The molecule has 2 rings (SSSR count). The molecule has 0 aromatic rings. The highest BCUT2D eigenvalue weighted by molar-refractivity contribution is 7.99. The van der Waals surface area contributed by atoms with E-state index in [1.54, 1.807) is 13.2 Å². The van der Waals surface area contributed by atoms with Crippen molar-refractivity contribution in [3.8, 4) is 0 Å². The van der Waals surface area contributed by atoms with Crippen LogP contribution in [0.5, 0.6) is 0 Å². The van der Waals surface area contributed by atoms with Crippen LogP contribution in [0, 0.1) is 5.92 Å². The van der Waals surface area contributed by atoms with E-state index in [0.717, 1.165) is 19.4 Å².